The van der Waals surface area contributed by atoms with Gasteiger partial charge in [0, 0.05) is 59.0 Å². The van der Waals surface area contributed by atoms with Gasteiger partial charge in [-0.05, 0) is 44.9 Å². The van der Waals surface area contributed by atoms with Crippen molar-refractivity contribution >= 4 is 50.5 Å². The van der Waals surface area contributed by atoms with Crippen LogP contribution in [0.1, 0.15) is 55.0 Å². The van der Waals surface area contributed by atoms with Gasteiger partial charge in [-0.1, -0.05) is 54.6 Å². The van der Waals surface area contributed by atoms with Crippen LogP contribution in [0.2, 0.25) is 0 Å². The number of carbonyl (C=O) groups is 4. The van der Waals surface area contributed by atoms with Gasteiger partial charge in [0.2, 0.25) is 11.7 Å². The SMILES string of the molecule is CC(=O)Cc1c(OS(=O)(=O)C(F)(F)F)ccc([N+](=O)[O-])c1C.CC(C)NC1=CC(=O)C(c2ccccc2)=C(CC(=O)NCc2ccc(C(=N)N)cc2)C1=O. The quantitative estimate of drug-likeness (QED) is 0.0353. The number of carbonyl (C=O) groups excluding carboxylic acids is 4. The Morgan fingerprint density at radius 3 is 2.13 bits per heavy atom. The number of alkyl halides is 3. The third-order valence-electron chi connectivity index (χ3n) is 7.57. The number of benzene rings is 3. The van der Waals surface area contributed by atoms with Crippen molar-refractivity contribution in [2.24, 2.45) is 5.73 Å². The molecule has 4 rings (SSSR count). The van der Waals surface area contributed by atoms with Crippen LogP contribution in [0.15, 0.2) is 84.1 Å². The molecule has 0 heterocycles. The minimum Gasteiger partial charge on any atom is -0.384 e. The molecule has 1 amide bonds. The molecule has 286 valence electrons. The number of ketones is 3. The number of nitrogens with two attached hydrogens (primary N) is 1. The first kappa shape index (κ1) is 42.2. The molecule has 1 aliphatic rings. The summed E-state index contributed by atoms with van der Waals surface area (Å²) in [4.78, 5) is 59.9. The Labute approximate surface area is 308 Å². The molecule has 0 bridgehead atoms. The fraction of sp³-hybridized carbons (Fsp3) is 0.250. The third-order valence-corrected chi connectivity index (χ3v) is 8.54. The second-order valence-corrected chi connectivity index (χ2v) is 13.7. The molecule has 0 saturated carbocycles. The van der Waals surface area contributed by atoms with Crippen molar-refractivity contribution in [3.8, 4) is 5.75 Å². The van der Waals surface area contributed by atoms with E-state index in [1.54, 1.807) is 48.5 Å². The van der Waals surface area contributed by atoms with Crippen molar-refractivity contribution in [2.75, 3.05) is 0 Å². The topological polar surface area (TPSA) is 229 Å². The maximum absolute atomic E-state index is 13.1. The van der Waals surface area contributed by atoms with Crippen LogP contribution in [-0.4, -0.2) is 54.0 Å². The number of halogens is 3. The highest BCUT2D eigenvalue weighted by Gasteiger charge is 2.49. The molecule has 0 unspecified atom stereocenters. The number of nitrogens with zero attached hydrogens (tertiary/aromatic N) is 1. The van der Waals surface area contributed by atoms with Crippen molar-refractivity contribution in [1.29, 1.82) is 5.41 Å². The Morgan fingerprint density at radius 1 is 1.00 bits per heavy atom. The molecule has 0 saturated heterocycles. The lowest BCUT2D eigenvalue weighted by molar-refractivity contribution is -0.385. The number of nitrogen functional groups attached to an aromatic ring is 1. The number of nitrogens with one attached hydrogen (secondary N) is 3. The largest absolute Gasteiger partial charge is 0.534 e. The average Bonchev–Trinajstić information content (AvgIpc) is 3.07. The van der Waals surface area contributed by atoms with E-state index in [2.05, 4.69) is 14.8 Å². The maximum atomic E-state index is 13.1. The molecule has 18 heteroatoms. The Bertz CT molecular complexity index is 2150. The van der Waals surface area contributed by atoms with Crippen molar-refractivity contribution in [1.82, 2.24) is 10.6 Å². The van der Waals surface area contributed by atoms with Crippen molar-refractivity contribution < 1.29 is 49.9 Å². The molecule has 0 aromatic heterocycles. The summed E-state index contributed by atoms with van der Waals surface area (Å²) in [5.74, 6) is -2.34. The molecule has 0 fully saturated rings. The smallest absolute Gasteiger partial charge is 0.384 e. The van der Waals surface area contributed by atoms with E-state index in [9.17, 15) is 50.9 Å². The lowest BCUT2D eigenvalue weighted by Crippen LogP contribution is -2.33. The van der Waals surface area contributed by atoms with Crippen LogP contribution in [0, 0.1) is 22.4 Å². The van der Waals surface area contributed by atoms with E-state index in [0.717, 1.165) is 18.6 Å². The van der Waals surface area contributed by atoms with E-state index in [1.165, 1.54) is 13.0 Å². The summed E-state index contributed by atoms with van der Waals surface area (Å²) in [6.07, 6.45) is 0.594. The van der Waals surface area contributed by atoms with Gasteiger partial charge in [0.25, 0.3) is 5.69 Å². The molecular formula is C36H36F3N5O9S. The molecule has 0 aliphatic heterocycles. The standard InChI is InChI=1S/C25H26N4O3.C11H10F3NO6S/c1-15(2)29-20-13-21(30)23(17-6-4-3-5-7-17)19(24(20)32)12-22(31)28-14-16-8-10-18(11-9-16)25(26)27;1-6(16)5-8-7(2)9(15(17)18)3-4-10(8)21-22(19,20)11(12,13)14/h3-11,13,15,29H,12,14H2,1-2H3,(H3,26,27)(H,28,31);3-4H,5H2,1-2H3. The molecule has 0 radical (unpaired) electrons. The van der Waals surface area contributed by atoms with E-state index in [0.29, 0.717) is 17.2 Å². The van der Waals surface area contributed by atoms with Gasteiger partial charge < -0.3 is 20.6 Å². The van der Waals surface area contributed by atoms with E-state index >= 15 is 0 Å². The summed E-state index contributed by atoms with van der Waals surface area (Å²) in [7, 11) is -5.94. The van der Waals surface area contributed by atoms with Gasteiger partial charge in [0.05, 0.1) is 17.0 Å². The summed E-state index contributed by atoms with van der Waals surface area (Å²) in [6, 6.07) is 17.3. The maximum Gasteiger partial charge on any atom is 0.534 e. The summed E-state index contributed by atoms with van der Waals surface area (Å²) in [5.41, 5.74) is 1.57. The van der Waals surface area contributed by atoms with Crippen molar-refractivity contribution in [3.63, 3.8) is 0 Å². The van der Waals surface area contributed by atoms with Gasteiger partial charge in [-0.25, -0.2) is 0 Å². The summed E-state index contributed by atoms with van der Waals surface area (Å²) >= 11 is 0. The monoisotopic (exact) mass is 771 g/mol. The van der Waals surface area contributed by atoms with Crippen LogP contribution in [0.25, 0.3) is 5.57 Å². The molecule has 14 nitrogen and oxygen atoms in total. The van der Waals surface area contributed by atoms with Crippen LogP contribution >= 0.6 is 0 Å². The minimum atomic E-state index is -5.94. The van der Waals surface area contributed by atoms with Gasteiger partial charge in [-0.2, -0.15) is 21.6 Å². The number of nitro groups is 1. The van der Waals surface area contributed by atoms with Gasteiger partial charge in [-0.3, -0.25) is 34.7 Å². The van der Waals surface area contributed by atoms with Crippen molar-refractivity contribution in [3.05, 3.63) is 122 Å². The first-order chi connectivity index (χ1) is 25.1. The second-order valence-electron chi connectivity index (χ2n) is 12.1. The zero-order chi connectivity index (χ0) is 40.5. The molecule has 3 aromatic carbocycles. The molecule has 54 heavy (non-hydrogen) atoms. The van der Waals surface area contributed by atoms with Crippen LogP contribution in [0.5, 0.6) is 5.75 Å². The van der Waals surface area contributed by atoms with Crippen LogP contribution in [-0.2, 0) is 42.3 Å². The molecule has 0 spiro atoms. The number of nitro benzene ring substituents is 1. The molecule has 0 atom stereocenters. The lowest BCUT2D eigenvalue weighted by Gasteiger charge is -2.21. The van der Waals surface area contributed by atoms with Crippen LogP contribution < -0.4 is 20.6 Å². The third kappa shape index (κ3) is 10.9. The van der Waals surface area contributed by atoms with Gasteiger partial charge in [0.1, 0.15) is 17.4 Å². The van der Waals surface area contributed by atoms with E-state index in [1.807, 2.05) is 19.9 Å². The molecule has 5 N–H and O–H groups in total. The number of amides is 1. The number of allylic oxidation sites excluding steroid dienone is 3. The predicted octanol–water partition coefficient (Wildman–Crippen LogP) is 4.73. The summed E-state index contributed by atoms with van der Waals surface area (Å²) in [5, 5.41) is 24.0. The summed E-state index contributed by atoms with van der Waals surface area (Å²) in [6.45, 7) is 6.28. The minimum absolute atomic E-state index is 0.0275. The zero-order valence-corrected chi connectivity index (χ0v) is 30.2. The molecule has 1 aliphatic carbocycles. The Kier molecular flexibility index (Phi) is 13.7. The highest BCUT2D eigenvalue weighted by Crippen LogP contribution is 2.34. The van der Waals surface area contributed by atoms with Gasteiger partial charge in [0.15, 0.2) is 5.78 Å². The number of rotatable bonds is 13. The fourth-order valence-electron chi connectivity index (χ4n) is 5.06. The van der Waals surface area contributed by atoms with Crippen LogP contribution in [0.4, 0.5) is 18.9 Å². The van der Waals surface area contributed by atoms with E-state index in [4.69, 9.17) is 11.1 Å². The Morgan fingerprint density at radius 2 is 1.61 bits per heavy atom. The number of amidine groups is 1. The predicted molar refractivity (Wildman–Crippen MR) is 191 cm³/mol. The van der Waals surface area contributed by atoms with E-state index in [-0.39, 0.29) is 70.3 Å². The number of hydrogen-bond acceptors (Lipinski definition) is 11. The first-order valence-corrected chi connectivity index (χ1v) is 17.4. The number of Topliss-reactive ketones (excluding diaryl/α,β-unsaturated/α-hetero) is 2. The van der Waals surface area contributed by atoms with E-state index < -0.39 is 44.2 Å². The summed E-state index contributed by atoms with van der Waals surface area (Å²) < 4.78 is 63.0. The van der Waals surface area contributed by atoms with Gasteiger partial charge in [-0.15, -0.1) is 0 Å². The Balaban J connectivity index is 0.000000313. The second kappa shape index (κ2) is 17.6. The van der Waals surface area contributed by atoms with Gasteiger partial charge >= 0.3 is 15.6 Å². The molecule has 3 aromatic rings. The number of hydrogen-bond donors (Lipinski definition) is 4. The fourth-order valence-corrected chi connectivity index (χ4v) is 5.54. The normalized spacial score (nSPS) is 13.1. The lowest BCUT2D eigenvalue weighted by atomic mass is 9.86. The highest BCUT2D eigenvalue weighted by atomic mass is 32.2. The van der Waals surface area contributed by atoms with Crippen molar-refractivity contribution in [2.45, 2.75) is 58.6 Å². The Hall–Kier alpha value is -6.17. The molecular weight excluding hydrogens is 735 g/mol. The average molecular weight is 772 g/mol. The zero-order valence-electron chi connectivity index (χ0n) is 29.4. The van der Waals surface area contributed by atoms with Crippen LogP contribution in [0.3, 0.4) is 0 Å². The highest BCUT2D eigenvalue weighted by molar-refractivity contribution is 7.88. The first-order valence-electron chi connectivity index (χ1n) is 16.0.